The summed E-state index contributed by atoms with van der Waals surface area (Å²) < 4.78 is 6.96. The first kappa shape index (κ1) is 24.9. The quantitative estimate of drug-likeness (QED) is 0.122. The lowest BCUT2D eigenvalue weighted by Gasteiger charge is -2.11. The number of ether oxygens (including phenoxy) is 1. The van der Waals surface area contributed by atoms with E-state index in [0.29, 0.717) is 24.3 Å². The van der Waals surface area contributed by atoms with E-state index in [1.54, 1.807) is 6.21 Å². The number of para-hydroxylation sites is 2. The molecule has 38 heavy (non-hydrogen) atoms. The summed E-state index contributed by atoms with van der Waals surface area (Å²) in [4.78, 5) is 13.5. The van der Waals surface area contributed by atoms with Crippen LogP contribution in [0.2, 0.25) is 0 Å². The topological polar surface area (TPSA) is 96.4 Å². The Morgan fingerprint density at radius 1 is 0.684 bits per heavy atom. The molecule has 0 spiro atoms. The van der Waals surface area contributed by atoms with Gasteiger partial charge in [0.2, 0.25) is 17.8 Å². The third kappa shape index (κ3) is 7.14. The molecule has 5 rings (SSSR count). The molecule has 0 aliphatic heterocycles. The van der Waals surface area contributed by atoms with Crippen molar-refractivity contribution in [1.82, 2.24) is 15.0 Å². The van der Waals surface area contributed by atoms with Crippen molar-refractivity contribution in [2.24, 2.45) is 5.10 Å². The molecular formula is C29H24BrN7O. The third-order valence-corrected chi connectivity index (χ3v) is 5.77. The average Bonchev–Trinajstić information content (AvgIpc) is 2.94. The van der Waals surface area contributed by atoms with Crippen LogP contribution in [0.4, 0.5) is 29.2 Å². The zero-order valence-corrected chi connectivity index (χ0v) is 21.8. The second kappa shape index (κ2) is 12.5. The first-order valence-corrected chi connectivity index (χ1v) is 12.7. The van der Waals surface area contributed by atoms with Crippen LogP contribution in [0.5, 0.6) is 5.75 Å². The van der Waals surface area contributed by atoms with Gasteiger partial charge in [-0.15, -0.1) is 0 Å². The second-order valence-electron chi connectivity index (χ2n) is 8.11. The molecule has 1 aromatic heterocycles. The van der Waals surface area contributed by atoms with Crippen molar-refractivity contribution in [1.29, 1.82) is 0 Å². The number of benzene rings is 4. The summed E-state index contributed by atoms with van der Waals surface area (Å²) >= 11 is 3.52. The summed E-state index contributed by atoms with van der Waals surface area (Å²) in [5.74, 6) is 1.72. The molecule has 4 aromatic carbocycles. The van der Waals surface area contributed by atoms with Crippen LogP contribution in [0.1, 0.15) is 11.1 Å². The number of aromatic nitrogens is 3. The van der Waals surface area contributed by atoms with Gasteiger partial charge in [-0.3, -0.25) is 0 Å². The molecule has 0 atom stereocenters. The number of hydrogen-bond acceptors (Lipinski definition) is 8. The first-order chi connectivity index (χ1) is 18.7. The van der Waals surface area contributed by atoms with E-state index in [0.717, 1.165) is 27.0 Å². The largest absolute Gasteiger partial charge is 0.488 e. The monoisotopic (exact) mass is 565 g/mol. The van der Waals surface area contributed by atoms with Crippen molar-refractivity contribution < 1.29 is 4.74 Å². The summed E-state index contributed by atoms with van der Waals surface area (Å²) in [5.41, 5.74) is 6.51. The molecule has 0 amide bonds. The Balaban J connectivity index is 1.35. The Morgan fingerprint density at radius 2 is 1.24 bits per heavy atom. The zero-order chi connectivity index (χ0) is 26.0. The van der Waals surface area contributed by atoms with E-state index in [9.17, 15) is 0 Å². The molecule has 1 heterocycles. The molecule has 0 radical (unpaired) electrons. The smallest absolute Gasteiger partial charge is 0.250 e. The van der Waals surface area contributed by atoms with E-state index in [2.05, 4.69) is 52.0 Å². The number of anilines is 5. The highest BCUT2D eigenvalue weighted by Gasteiger charge is 2.08. The fourth-order valence-corrected chi connectivity index (χ4v) is 3.86. The molecule has 3 N–H and O–H groups in total. The van der Waals surface area contributed by atoms with Gasteiger partial charge in [-0.25, -0.2) is 5.43 Å². The predicted octanol–water partition coefficient (Wildman–Crippen LogP) is 7.15. The molecule has 9 heteroatoms. The molecule has 0 unspecified atom stereocenters. The Labute approximate surface area is 229 Å². The van der Waals surface area contributed by atoms with E-state index in [-0.39, 0.29) is 5.95 Å². The van der Waals surface area contributed by atoms with Gasteiger partial charge < -0.3 is 15.4 Å². The van der Waals surface area contributed by atoms with Crippen molar-refractivity contribution >= 4 is 51.4 Å². The van der Waals surface area contributed by atoms with Gasteiger partial charge in [0, 0.05) is 21.4 Å². The lowest BCUT2D eigenvalue weighted by molar-refractivity contribution is 0.306. The van der Waals surface area contributed by atoms with Crippen molar-refractivity contribution in [3.8, 4) is 5.75 Å². The zero-order valence-electron chi connectivity index (χ0n) is 20.3. The maximum atomic E-state index is 6.05. The minimum Gasteiger partial charge on any atom is -0.488 e. The predicted molar refractivity (Wildman–Crippen MR) is 155 cm³/mol. The van der Waals surface area contributed by atoms with Crippen molar-refractivity contribution in [3.63, 3.8) is 0 Å². The SMILES string of the molecule is Brc1ccc(OCc2ccccc2)c(C=NNc2nc(Nc3ccccc3)nc(Nc3ccccc3)n2)c1. The standard InChI is InChI=1S/C29H24BrN7O/c30-23-16-17-26(38-20-21-10-4-1-5-11-21)22(18-23)19-31-37-29-35-27(32-24-12-6-2-7-13-24)34-28(36-29)33-25-14-8-3-9-15-25/h1-19H,20H2,(H3,32,33,34,35,36,37). The van der Waals surface area contributed by atoms with Gasteiger partial charge in [0.05, 0.1) is 6.21 Å². The summed E-state index contributed by atoms with van der Waals surface area (Å²) in [6.07, 6.45) is 1.67. The van der Waals surface area contributed by atoms with Gasteiger partial charge in [-0.1, -0.05) is 82.7 Å². The fourth-order valence-electron chi connectivity index (χ4n) is 3.49. The molecule has 0 saturated carbocycles. The maximum Gasteiger partial charge on any atom is 0.250 e. The molecule has 0 fully saturated rings. The van der Waals surface area contributed by atoms with Gasteiger partial charge in [0.25, 0.3) is 0 Å². The van der Waals surface area contributed by atoms with Crippen LogP contribution in [-0.2, 0) is 6.61 Å². The molecule has 188 valence electrons. The number of hydrogen-bond donors (Lipinski definition) is 3. The number of nitrogens with one attached hydrogen (secondary N) is 3. The second-order valence-corrected chi connectivity index (χ2v) is 9.03. The van der Waals surface area contributed by atoms with Crippen LogP contribution in [-0.4, -0.2) is 21.2 Å². The molecule has 0 aliphatic carbocycles. The van der Waals surface area contributed by atoms with Crippen LogP contribution in [0.15, 0.2) is 119 Å². The first-order valence-electron chi connectivity index (χ1n) is 11.9. The fraction of sp³-hybridized carbons (Fsp3) is 0.0345. The molecule has 0 aliphatic rings. The maximum absolute atomic E-state index is 6.05. The third-order valence-electron chi connectivity index (χ3n) is 5.27. The number of nitrogens with zero attached hydrogens (tertiary/aromatic N) is 4. The minimum absolute atomic E-state index is 0.273. The van der Waals surface area contributed by atoms with Crippen molar-refractivity contribution in [2.75, 3.05) is 16.1 Å². The normalized spacial score (nSPS) is 10.8. The lowest BCUT2D eigenvalue weighted by Crippen LogP contribution is -2.07. The van der Waals surface area contributed by atoms with Gasteiger partial charge in [-0.05, 0) is 48.0 Å². The Morgan fingerprint density at radius 3 is 1.84 bits per heavy atom. The summed E-state index contributed by atoms with van der Waals surface area (Å²) in [5, 5.41) is 10.8. The van der Waals surface area contributed by atoms with Gasteiger partial charge in [0.1, 0.15) is 12.4 Å². The molecule has 8 nitrogen and oxygen atoms in total. The average molecular weight is 566 g/mol. The van der Waals surface area contributed by atoms with Crippen LogP contribution in [0.3, 0.4) is 0 Å². The summed E-state index contributed by atoms with van der Waals surface area (Å²) in [6, 6.07) is 35.2. The van der Waals surface area contributed by atoms with Crippen LogP contribution < -0.4 is 20.8 Å². The molecule has 0 saturated heterocycles. The Hall–Kier alpha value is -4.76. The van der Waals surface area contributed by atoms with E-state index >= 15 is 0 Å². The van der Waals surface area contributed by atoms with Gasteiger partial charge in [-0.2, -0.15) is 20.1 Å². The van der Waals surface area contributed by atoms with Crippen LogP contribution >= 0.6 is 15.9 Å². The summed E-state index contributed by atoms with van der Waals surface area (Å²) in [6.45, 7) is 0.452. The van der Waals surface area contributed by atoms with E-state index < -0.39 is 0 Å². The number of hydrazone groups is 1. The van der Waals surface area contributed by atoms with Crippen molar-refractivity contribution in [3.05, 3.63) is 125 Å². The molecular weight excluding hydrogens is 542 g/mol. The Kier molecular flexibility index (Phi) is 8.17. The number of rotatable bonds is 10. The number of halogens is 1. The van der Waals surface area contributed by atoms with Gasteiger partial charge >= 0.3 is 0 Å². The van der Waals surface area contributed by atoms with Crippen molar-refractivity contribution in [2.45, 2.75) is 6.61 Å². The van der Waals surface area contributed by atoms with E-state index in [1.807, 2.05) is 109 Å². The van der Waals surface area contributed by atoms with E-state index in [1.165, 1.54) is 0 Å². The molecule has 0 bridgehead atoms. The highest BCUT2D eigenvalue weighted by Crippen LogP contribution is 2.23. The van der Waals surface area contributed by atoms with Crippen LogP contribution in [0, 0.1) is 0 Å². The lowest BCUT2D eigenvalue weighted by atomic mass is 10.2. The minimum atomic E-state index is 0.273. The highest BCUT2D eigenvalue weighted by molar-refractivity contribution is 9.10. The highest BCUT2D eigenvalue weighted by atomic mass is 79.9. The van der Waals surface area contributed by atoms with Gasteiger partial charge in [0.15, 0.2) is 0 Å². The van der Waals surface area contributed by atoms with E-state index in [4.69, 9.17) is 4.74 Å². The molecule has 5 aromatic rings. The Bertz CT molecular complexity index is 1440. The van der Waals surface area contributed by atoms with Crippen LogP contribution in [0.25, 0.3) is 0 Å². The summed E-state index contributed by atoms with van der Waals surface area (Å²) in [7, 11) is 0.